The lowest BCUT2D eigenvalue weighted by Crippen LogP contribution is -2.41. The number of hydrogen-bond donors (Lipinski definition) is 1. The van der Waals surface area contributed by atoms with Crippen LogP contribution in [0.3, 0.4) is 0 Å². The summed E-state index contributed by atoms with van der Waals surface area (Å²) >= 11 is 0. The van der Waals surface area contributed by atoms with Gasteiger partial charge in [0, 0.05) is 24.6 Å². The van der Waals surface area contributed by atoms with Crippen molar-refractivity contribution in [1.82, 2.24) is 5.32 Å². The van der Waals surface area contributed by atoms with E-state index in [0.29, 0.717) is 30.6 Å². The van der Waals surface area contributed by atoms with Crippen LogP contribution in [0.5, 0.6) is 5.75 Å². The van der Waals surface area contributed by atoms with E-state index in [0.717, 1.165) is 31.6 Å². The van der Waals surface area contributed by atoms with E-state index >= 15 is 0 Å². The molecule has 2 rings (SSSR count). The van der Waals surface area contributed by atoms with Crippen molar-refractivity contribution < 1.29 is 14.3 Å². The van der Waals surface area contributed by atoms with E-state index in [-0.39, 0.29) is 12.0 Å². The maximum absolute atomic E-state index is 12.4. The second-order valence-electron chi connectivity index (χ2n) is 6.57. The topological polar surface area (TPSA) is 47.6 Å². The van der Waals surface area contributed by atoms with Gasteiger partial charge in [0.15, 0.2) is 0 Å². The molecule has 0 unspecified atom stereocenters. The fourth-order valence-electron chi connectivity index (χ4n) is 3.09. The van der Waals surface area contributed by atoms with Crippen LogP contribution in [-0.4, -0.2) is 31.8 Å². The quantitative estimate of drug-likeness (QED) is 0.834. The highest BCUT2D eigenvalue weighted by Gasteiger charge is 2.28. The van der Waals surface area contributed by atoms with Gasteiger partial charge in [-0.25, -0.2) is 0 Å². The van der Waals surface area contributed by atoms with Crippen LogP contribution in [0.1, 0.15) is 50.4 Å². The summed E-state index contributed by atoms with van der Waals surface area (Å²) in [7, 11) is 0. The van der Waals surface area contributed by atoms with Gasteiger partial charge >= 0.3 is 0 Å². The van der Waals surface area contributed by atoms with Crippen LogP contribution in [0.15, 0.2) is 24.3 Å². The van der Waals surface area contributed by atoms with E-state index in [1.54, 1.807) is 0 Å². The van der Waals surface area contributed by atoms with Crippen molar-refractivity contribution in [2.24, 2.45) is 11.8 Å². The molecule has 1 aromatic carbocycles. The van der Waals surface area contributed by atoms with Gasteiger partial charge in [0.05, 0.1) is 12.7 Å². The molecule has 0 radical (unpaired) electrons. The minimum Gasteiger partial charge on any atom is -0.494 e. The van der Waals surface area contributed by atoms with Crippen molar-refractivity contribution in [3.8, 4) is 5.75 Å². The predicted molar refractivity (Wildman–Crippen MR) is 91.9 cm³/mol. The van der Waals surface area contributed by atoms with Crippen molar-refractivity contribution >= 4 is 5.91 Å². The Bertz CT molecular complexity index is 501. The summed E-state index contributed by atoms with van der Waals surface area (Å²) in [6, 6.07) is 7.38. The number of ether oxygens (including phenoxy) is 2. The normalized spacial score (nSPS) is 21.2. The third kappa shape index (κ3) is 5.24. The van der Waals surface area contributed by atoms with E-state index in [1.165, 1.54) is 0 Å². The van der Waals surface area contributed by atoms with Crippen molar-refractivity contribution in [3.05, 3.63) is 29.8 Å². The monoisotopic (exact) mass is 319 g/mol. The predicted octanol–water partition coefficient (Wildman–Crippen LogP) is 3.66. The maximum atomic E-state index is 12.4. The summed E-state index contributed by atoms with van der Waals surface area (Å²) in [5.74, 6) is 1.58. The Hall–Kier alpha value is -1.55. The molecule has 128 valence electrons. The molecular weight excluding hydrogens is 290 g/mol. The van der Waals surface area contributed by atoms with Crippen LogP contribution in [-0.2, 0) is 4.74 Å². The van der Waals surface area contributed by atoms with Crippen molar-refractivity contribution in [2.75, 3.05) is 19.8 Å². The minimum absolute atomic E-state index is 0.0416. The standard InChI is InChI=1S/C19H29NO3/c1-4-10-22-17-9-5-7-15(12-17)19(21)20-13-16-8-6-11-23-18(16)14(2)3/h5,7,9,12,14,16,18H,4,6,8,10-11,13H2,1-3H3,(H,20,21)/t16-,18+/m0/s1. The average molecular weight is 319 g/mol. The molecule has 0 bridgehead atoms. The molecular formula is C19H29NO3. The Balaban J connectivity index is 1.91. The van der Waals surface area contributed by atoms with Crippen LogP contribution < -0.4 is 10.1 Å². The van der Waals surface area contributed by atoms with Crippen molar-refractivity contribution in [3.63, 3.8) is 0 Å². The average Bonchev–Trinajstić information content (AvgIpc) is 2.58. The highest BCUT2D eigenvalue weighted by Crippen LogP contribution is 2.25. The summed E-state index contributed by atoms with van der Waals surface area (Å²) in [5, 5.41) is 3.06. The molecule has 0 saturated carbocycles. The van der Waals surface area contributed by atoms with E-state index in [2.05, 4.69) is 26.1 Å². The highest BCUT2D eigenvalue weighted by molar-refractivity contribution is 5.94. The fraction of sp³-hybridized carbons (Fsp3) is 0.632. The lowest BCUT2D eigenvalue weighted by atomic mass is 9.87. The first-order chi connectivity index (χ1) is 11.1. The molecule has 0 aliphatic carbocycles. The van der Waals surface area contributed by atoms with Gasteiger partial charge in [-0.05, 0) is 43.4 Å². The molecule has 1 saturated heterocycles. The molecule has 2 atom stereocenters. The summed E-state index contributed by atoms with van der Waals surface area (Å²) in [4.78, 5) is 12.4. The Morgan fingerprint density at radius 3 is 3.00 bits per heavy atom. The number of amides is 1. The number of nitrogens with one attached hydrogen (secondary N) is 1. The molecule has 0 spiro atoms. The third-order valence-electron chi connectivity index (χ3n) is 4.25. The van der Waals surface area contributed by atoms with Gasteiger partial charge in [-0.1, -0.05) is 26.8 Å². The van der Waals surface area contributed by atoms with Crippen LogP contribution in [0.25, 0.3) is 0 Å². The number of carbonyl (C=O) groups excluding carboxylic acids is 1. The smallest absolute Gasteiger partial charge is 0.251 e. The molecule has 1 N–H and O–H groups in total. The first-order valence-electron chi connectivity index (χ1n) is 8.74. The summed E-state index contributed by atoms with van der Waals surface area (Å²) in [6.45, 7) is 8.60. The first kappa shape index (κ1) is 17.8. The maximum Gasteiger partial charge on any atom is 0.251 e. The van der Waals surface area contributed by atoms with Crippen LogP contribution >= 0.6 is 0 Å². The second-order valence-corrected chi connectivity index (χ2v) is 6.57. The second kappa shape index (κ2) is 8.92. The third-order valence-corrected chi connectivity index (χ3v) is 4.25. The Morgan fingerprint density at radius 2 is 2.26 bits per heavy atom. The number of hydrogen-bond acceptors (Lipinski definition) is 3. The van der Waals surface area contributed by atoms with Gasteiger partial charge in [0.25, 0.3) is 5.91 Å². The summed E-state index contributed by atoms with van der Waals surface area (Å²) < 4.78 is 11.5. The first-order valence-corrected chi connectivity index (χ1v) is 8.74. The molecule has 4 nitrogen and oxygen atoms in total. The van der Waals surface area contributed by atoms with Gasteiger partial charge in [0.1, 0.15) is 5.75 Å². The van der Waals surface area contributed by atoms with Gasteiger partial charge in [-0.3, -0.25) is 4.79 Å². The lowest BCUT2D eigenvalue weighted by molar-refractivity contribution is -0.0510. The molecule has 1 aromatic rings. The Kier molecular flexibility index (Phi) is 6.90. The molecule has 23 heavy (non-hydrogen) atoms. The Morgan fingerprint density at radius 1 is 1.43 bits per heavy atom. The minimum atomic E-state index is -0.0416. The number of carbonyl (C=O) groups is 1. The Labute approximate surface area is 139 Å². The molecule has 1 aliphatic heterocycles. The van der Waals surface area contributed by atoms with Gasteiger partial charge < -0.3 is 14.8 Å². The van der Waals surface area contributed by atoms with Crippen LogP contribution in [0, 0.1) is 11.8 Å². The van der Waals surface area contributed by atoms with E-state index in [1.807, 2.05) is 24.3 Å². The summed E-state index contributed by atoms with van der Waals surface area (Å²) in [5.41, 5.74) is 0.649. The molecule has 0 aromatic heterocycles. The lowest BCUT2D eigenvalue weighted by Gasteiger charge is -2.34. The zero-order chi connectivity index (χ0) is 16.7. The highest BCUT2D eigenvalue weighted by atomic mass is 16.5. The fourth-order valence-corrected chi connectivity index (χ4v) is 3.09. The van der Waals surface area contributed by atoms with E-state index in [4.69, 9.17) is 9.47 Å². The molecule has 4 heteroatoms. The van der Waals surface area contributed by atoms with Crippen molar-refractivity contribution in [2.45, 2.75) is 46.1 Å². The van der Waals surface area contributed by atoms with Crippen molar-refractivity contribution in [1.29, 1.82) is 0 Å². The zero-order valence-corrected chi connectivity index (χ0v) is 14.5. The van der Waals surface area contributed by atoms with E-state index < -0.39 is 0 Å². The zero-order valence-electron chi connectivity index (χ0n) is 14.5. The van der Waals surface area contributed by atoms with Gasteiger partial charge in [-0.2, -0.15) is 0 Å². The molecule has 1 amide bonds. The molecule has 1 aliphatic rings. The summed E-state index contributed by atoms with van der Waals surface area (Å²) in [6.07, 6.45) is 3.38. The van der Waals surface area contributed by atoms with Gasteiger partial charge in [-0.15, -0.1) is 0 Å². The van der Waals surface area contributed by atoms with Crippen LogP contribution in [0.4, 0.5) is 0 Å². The largest absolute Gasteiger partial charge is 0.494 e. The van der Waals surface area contributed by atoms with E-state index in [9.17, 15) is 4.79 Å². The number of benzene rings is 1. The SMILES string of the molecule is CCCOc1cccc(C(=O)NC[C@@H]2CCCO[C@@H]2C(C)C)c1. The van der Waals surface area contributed by atoms with Gasteiger partial charge in [0.2, 0.25) is 0 Å². The molecule has 1 heterocycles. The van der Waals surface area contributed by atoms with Crippen LogP contribution in [0.2, 0.25) is 0 Å². The molecule has 1 fully saturated rings. The number of rotatable bonds is 7.